The van der Waals surface area contributed by atoms with Crippen LogP contribution in [0.15, 0.2) is 160 Å². The molecule has 414 valence electrons. The maximum Gasteiger partial charge on any atom is 0.573 e. The Hall–Kier alpha value is -8.75. The number of anilines is 2. The van der Waals surface area contributed by atoms with Crippen molar-refractivity contribution in [1.82, 2.24) is 29.5 Å². The van der Waals surface area contributed by atoms with Crippen molar-refractivity contribution in [3.63, 3.8) is 0 Å². The van der Waals surface area contributed by atoms with E-state index in [2.05, 4.69) is 50.0 Å². The highest BCUT2D eigenvalue weighted by Gasteiger charge is 2.47. The minimum Gasteiger partial charge on any atom is -0.406 e. The molecule has 8 aromatic rings. The zero-order chi connectivity index (χ0) is 57.2. The standard InChI is InChI=1S/C55H42F8N12O4S2/c1-32(2)43-24-15-38(33(3)47(43)74-46(76)28-80-51(74)68-66-26-34-7-11-36(12-8-34)49-64-30-72(70-49)39-16-20-41(21-17-39)78-54(58,59)60)25-53(77)29-81-52(75(53)48-44(56)5-4-6-45(48)57)69-67-27-35-9-13-37(14-10-35)50-65-31-73(71-50)40-18-22-42(23-19-40)79-55(61,62)63/h4-24,26-27,30-32,77H,25,28-29H2,1-3H3/b66-26+,67-27+,68-51-,69-52-. The zero-order valence-electron chi connectivity index (χ0n) is 42.5. The fourth-order valence-electron chi connectivity index (χ4n) is 8.74. The Morgan fingerprint density at radius 2 is 1.16 bits per heavy atom. The largest absolute Gasteiger partial charge is 0.573 e. The average Bonchev–Trinajstić information content (AvgIpc) is 4.08. The number of nitrogens with zero attached hydrogens (tertiary/aromatic N) is 12. The van der Waals surface area contributed by atoms with Gasteiger partial charge in [-0.25, -0.2) is 28.1 Å². The first-order chi connectivity index (χ1) is 38.7. The van der Waals surface area contributed by atoms with Crippen molar-refractivity contribution in [2.45, 2.75) is 51.6 Å². The zero-order valence-corrected chi connectivity index (χ0v) is 44.1. The fourth-order valence-corrected chi connectivity index (χ4v) is 10.6. The molecule has 2 fully saturated rings. The number of hydrogen-bond acceptors (Lipinski definition) is 14. The molecular formula is C55H42F8N12O4S2. The lowest BCUT2D eigenvalue weighted by Gasteiger charge is -2.35. The molecule has 0 saturated carbocycles. The number of amides is 1. The Kier molecular flexibility index (Phi) is 15.6. The highest BCUT2D eigenvalue weighted by Crippen LogP contribution is 2.44. The smallest absolute Gasteiger partial charge is 0.406 e. The molecule has 0 bridgehead atoms. The van der Waals surface area contributed by atoms with Crippen molar-refractivity contribution >= 4 is 63.6 Å². The van der Waals surface area contributed by atoms with E-state index < -0.39 is 35.8 Å². The van der Waals surface area contributed by atoms with E-state index >= 15 is 8.78 Å². The van der Waals surface area contributed by atoms with Crippen molar-refractivity contribution in [2.75, 3.05) is 21.3 Å². The third-order valence-electron chi connectivity index (χ3n) is 12.6. The molecule has 26 heteroatoms. The van der Waals surface area contributed by atoms with Gasteiger partial charge in [-0.3, -0.25) is 14.6 Å². The van der Waals surface area contributed by atoms with Crippen LogP contribution in [0.2, 0.25) is 0 Å². The number of thioether (sulfide) groups is 2. The van der Waals surface area contributed by atoms with E-state index in [0.29, 0.717) is 67.3 Å². The van der Waals surface area contributed by atoms with Crippen molar-refractivity contribution in [2.24, 2.45) is 20.4 Å². The lowest BCUT2D eigenvalue weighted by Crippen LogP contribution is -2.50. The number of hydrogen-bond donors (Lipinski definition) is 1. The van der Waals surface area contributed by atoms with Gasteiger partial charge >= 0.3 is 12.7 Å². The number of para-hydroxylation sites is 1. The maximum atomic E-state index is 15.8. The number of ether oxygens (including phenoxy) is 2. The summed E-state index contributed by atoms with van der Waals surface area (Å²) >= 11 is 2.24. The highest BCUT2D eigenvalue weighted by molar-refractivity contribution is 8.15. The van der Waals surface area contributed by atoms with Crippen molar-refractivity contribution in [3.05, 3.63) is 180 Å². The SMILES string of the molecule is Cc1c(CC2(O)CS/C(=N\N=C\c3ccc(-c4ncn(-c5ccc(OC(F)(F)F)cc5)n4)cc3)N2c2c(F)cccc2F)ccc(C(C)C)c1N1C(=O)CS/C1=N\N=C\c1ccc(-c2ncn(-c3ccc(OC(F)(F)F)cc3)n2)cc1. The van der Waals surface area contributed by atoms with E-state index in [1.165, 1.54) is 93.6 Å². The van der Waals surface area contributed by atoms with Gasteiger partial charge in [0.15, 0.2) is 27.7 Å². The summed E-state index contributed by atoms with van der Waals surface area (Å²) in [6.45, 7) is 5.75. The predicted molar refractivity (Wildman–Crippen MR) is 292 cm³/mol. The summed E-state index contributed by atoms with van der Waals surface area (Å²) < 4.78 is 118. The summed E-state index contributed by atoms with van der Waals surface area (Å²) in [5, 5.41) is 39.2. The molecule has 10 rings (SSSR count). The lowest BCUT2D eigenvalue weighted by atomic mass is 9.90. The molecular weight excluding hydrogens is 1110 g/mol. The fraction of sp³-hybridized carbons (Fsp3) is 0.182. The van der Waals surface area contributed by atoms with E-state index in [9.17, 15) is 36.2 Å². The summed E-state index contributed by atoms with van der Waals surface area (Å²) in [6, 6.07) is 31.3. The number of carbonyl (C=O) groups is 1. The Labute approximate surface area is 464 Å². The van der Waals surface area contributed by atoms with Crippen LogP contribution in [0.3, 0.4) is 0 Å². The topological polar surface area (TPSA) is 173 Å². The normalized spacial score (nSPS) is 17.1. The van der Waals surface area contributed by atoms with Gasteiger partial charge in [-0.2, -0.15) is 10.2 Å². The van der Waals surface area contributed by atoms with E-state index in [4.69, 9.17) is 0 Å². The number of rotatable bonds is 15. The molecule has 0 spiro atoms. The van der Waals surface area contributed by atoms with Gasteiger partial charge in [0.05, 0.1) is 35.2 Å². The molecule has 1 atom stereocenters. The third kappa shape index (κ3) is 12.7. The van der Waals surface area contributed by atoms with Gasteiger partial charge in [-0.15, -0.1) is 46.7 Å². The maximum absolute atomic E-state index is 15.8. The van der Waals surface area contributed by atoms with Gasteiger partial charge in [0.25, 0.3) is 0 Å². The number of amidine groups is 2. The Morgan fingerprint density at radius 1 is 0.667 bits per heavy atom. The molecule has 16 nitrogen and oxygen atoms in total. The van der Waals surface area contributed by atoms with Crippen LogP contribution in [0.1, 0.15) is 47.6 Å². The molecule has 0 aliphatic carbocycles. The van der Waals surface area contributed by atoms with Crippen LogP contribution in [-0.2, 0) is 11.2 Å². The average molecular weight is 1150 g/mol. The molecule has 0 radical (unpaired) electrons. The van der Waals surface area contributed by atoms with Crippen LogP contribution < -0.4 is 19.3 Å². The van der Waals surface area contributed by atoms with E-state index in [1.807, 2.05) is 26.0 Å². The molecule has 2 aliphatic heterocycles. The predicted octanol–water partition coefficient (Wildman–Crippen LogP) is 12.0. The van der Waals surface area contributed by atoms with Gasteiger partial charge in [-0.1, -0.05) is 104 Å². The number of alkyl halides is 6. The van der Waals surface area contributed by atoms with E-state index in [0.717, 1.165) is 46.5 Å². The van der Waals surface area contributed by atoms with Crippen LogP contribution in [0, 0.1) is 18.6 Å². The summed E-state index contributed by atoms with van der Waals surface area (Å²) in [7, 11) is 0. The Bertz CT molecular complexity index is 3720. The summed E-state index contributed by atoms with van der Waals surface area (Å²) in [6.07, 6.45) is -4.04. The number of halogens is 8. The molecule has 2 aromatic heterocycles. The molecule has 2 saturated heterocycles. The summed E-state index contributed by atoms with van der Waals surface area (Å²) in [5.41, 5.74) is 3.41. The highest BCUT2D eigenvalue weighted by atomic mass is 32.2. The number of carbonyl (C=O) groups excluding carboxylic acids is 1. The van der Waals surface area contributed by atoms with Gasteiger partial charge < -0.3 is 14.6 Å². The van der Waals surface area contributed by atoms with Gasteiger partial charge in [-0.05, 0) is 101 Å². The number of aromatic nitrogens is 6. The molecule has 81 heavy (non-hydrogen) atoms. The second-order valence-corrected chi connectivity index (χ2v) is 20.3. The van der Waals surface area contributed by atoms with Crippen molar-refractivity contribution < 1.29 is 54.5 Å². The number of aliphatic hydroxyl groups is 1. The first-order valence-electron chi connectivity index (χ1n) is 24.3. The van der Waals surface area contributed by atoms with Gasteiger partial charge in [0.1, 0.15) is 41.5 Å². The molecule has 1 amide bonds. The molecule has 2 aliphatic rings. The van der Waals surface area contributed by atoms with Crippen LogP contribution >= 0.6 is 23.5 Å². The molecule has 6 aromatic carbocycles. The first-order valence-corrected chi connectivity index (χ1v) is 26.3. The first kappa shape index (κ1) is 55.6. The van der Waals surface area contributed by atoms with Crippen LogP contribution in [0.4, 0.5) is 46.5 Å². The Balaban J connectivity index is 0.856. The second kappa shape index (κ2) is 22.8. The molecule has 1 unspecified atom stereocenters. The van der Waals surface area contributed by atoms with Gasteiger partial charge in [0.2, 0.25) is 5.91 Å². The molecule has 4 heterocycles. The summed E-state index contributed by atoms with van der Waals surface area (Å²) in [4.78, 5) is 25.1. The van der Waals surface area contributed by atoms with Crippen LogP contribution in [0.5, 0.6) is 11.5 Å². The van der Waals surface area contributed by atoms with E-state index in [1.54, 1.807) is 55.5 Å². The monoisotopic (exact) mass is 1150 g/mol. The van der Waals surface area contributed by atoms with E-state index in [-0.39, 0.29) is 46.4 Å². The van der Waals surface area contributed by atoms with Gasteiger partial charge in [0, 0.05) is 23.3 Å². The summed E-state index contributed by atoms with van der Waals surface area (Å²) in [5.74, 6) is -2.33. The van der Waals surface area contributed by atoms with Crippen molar-refractivity contribution in [1.29, 1.82) is 0 Å². The lowest BCUT2D eigenvalue weighted by molar-refractivity contribution is -0.275. The minimum atomic E-state index is -4.83. The van der Waals surface area contributed by atoms with Crippen LogP contribution in [0.25, 0.3) is 34.2 Å². The molecule has 1 N–H and O–H groups in total. The quantitative estimate of drug-likeness (QED) is 0.0588. The third-order valence-corrected chi connectivity index (χ3v) is 14.6. The minimum absolute atomic E-state index is 0.00457. The Morgan fingerprint density at radius 3 is 1.64 bits per heavy atom. The van der Waals surface area contributed by atoms with Crippen molar-refractivity contribution in [3.8, 4) is 45.6 Å². The number of benzene rings is 6. The van der Waals surface area contributed by atoms with Crippen LogP contribution in [-0.4, -0.2) is 93.3 Å². The second-order valence-electron chi connectivity index (χ2n) is 18.4.